The highest BCUT2D eigenvalue weighted by Gasteiger charge is 2.28. The average Bonchev–Trinajstić information content (AvgIpc) is 2.61. The fraction of sp³-hybridized carbons (Fsp3) is 0.556. The summed E-state index contributed by atoms with van der Waals surface area (Å²) >= 11 is 0. The second-order valence-electron chi connectivity index (χ2n) is 2.85. The first-order chi connectivity index (χ1) is 6.33. The summed E-state index contributed by atoms with van der Waals surface area (Å²) in [6.07, 6.45) is 4.10. The number of carbonyl (C=O) groups excluding carboxylic acids is 1. The first kappa shape index (κ1) is 9.77. The van der Waals surface area contributed by atoms with E-state index in [1.807, 2.05) is 0 Å². The van der Waals surface area contributed by atoms with E-state index in [0.29, 0.717) is 5.90 Å². The second kappa shape index (κ2) is 4.64. The molecule has 4 nitrogen and oxygen atoms in total. The molecule has 1 amide bonds. The number of aliphatic imine (C=N–C) groups is 1. The summed E-state index contributed by atoms with van der Waals surface area (Å²) in [4.78, 5) is 16.3. The molecule has 72 valence electrons. The Morgan fingerprint density at radius 2 is 2.54 bits per heavy atom. The third kappa shape index (κ3) is 2.08. The molecule has 1 saturated heterocycles. The van der Waals surface area contributed by atoms with Crippen LogP contribution >= 0.6 is 0 Å². The number of nitrogens with zero attached hydrogens (tertiary/aromatic N) is 2. The number of hydrogen-bond acceptors (Lipinski definition) is 3. The molecule has 0 bridgehead atoms. The zero-order valence-corrected chi connectivity index (χ0v) is 7.77. The minimum Gasteiger partial charge on any atom is -0.449 e. The summed E-state index contributed by atoms with van der Waals surface area (Å²) < 4.78 is 5.12. The summed E-state index contributed by atoms with van der Waals surface area (Å²) in [6, 6.07) is 0.000463. The molecule has 0 N–H and O–H groups in total. The van der Waals surface area contributed by atoms with Crippen LogP contribution in [0.25, 0.3) is 0 Å². The fourth-order valence-electron chi connectivity index (χ4n) is 1.55. The van der Waals surface area contributed by atoms with E-state index in [1.165, 1.54) is 6.26 Å². The molecular formula is C9H14N2O2. The third-order valence-electron chi connectivity index (χ3n) is 2.14. The van der Waals surface area contributed by atoms with Gasteiger partial charge in [0.1, 0.15) is 6.04 Å². The van der Waals surface area contributed by atoms with E-state index in [1.54, 1.807) is 11.9 Å². The summed E-state index contributed by atoms with van der Waals surface area (Å²) in [7, 11) is 1.65. The van der Waals surface area contributed by atoms with Crippen LogP contribution in [0.1, 0.15) is 12.8 Å². The van der Waals surface area contributed by atoms with Crippen molar-refractivity contribution in [3.05, 3.63) is 12.8 Å². The standard InChI is InChI=1S/C9H14N2O2/c1-3-13-9(10-2)8-5-4-6-11(8)7-12/h3,7-8H,1,4-6H2,2H3. The summed E-state index contributed by atoms with van der Waals surface area (Å²) in [5, 5.41) is 0. The lowest BCUT2D eigenvalue weighted by atomic mass is 10.2. The zero-order chi connectivity index (χ0) is 9.68. The van der Waals surface area contributed by atoms with Gasteiger partial charge in [-0.3, -0.25) is 9.79 Å². The molecule has 1 aliphatic heterocycles. The van der Waals surface area contributed by atoms with Crippen LogP contribution < -0.4 is 0 Å². The van der Waals surface area contributed by atoms with Crippen LogP contribution in [0.4, 0.5) is 0 Å². The highest BCUT2D eigenvalue weighted by atomic mass is 16.5. The summed E-state index contributed by atoms with van der Waals surface area (Å²) in [5.74, 6) is 0.569. The molecule has 0 aliphatic carbocycles. The van der Waals surface area contributed by atoms with E-state index in [9.17, 15) is 4.79 Å². The molecular weight excluding hydrogens is 168 g/mol. The van der Waals surface area contributed by atoms with Gasteiger partial charge in [-0.2, -0.15) is 0 Å². The van der Waals surface area contributed by atoms with Crippen LogP contribution in [0.3, 0.4) is 0 Å². The van der Waals surface area contributed by atoms with Gasteiger partial charge < -0.3 is 9.64 Å². The normalized spacial score (nSPS) is 23.0. The van der Waals surface area contributed by atoms with Gasteiger partial charge in [-0.15, -0.1) is 0 Å². The number of carbonyl (C=O) groups is 1. The number of rotatable bonds is 3. The number of ether oxygens (including phenoxy) is 1. The van der Waals surface area contributed by atoms with E-state index >= 15 is 0 Å². The van der Waals surface area contributed by atoms with Crippen molar-refractivity contribution in [2.75, 3.05) is 13.6 Å². The lowest BCUT2D eigenvalue weighted by Crippen LogP contribution is -2.35. The van der Waals surface area contributed by atoms with Crippen molar-refractivity contribution < 1.29 is 9.53 Å². The van der Waals surface area contributed by atoms with Gasteiger partial charge in [0.25, 0.3) is 0 Å². The Kier molecular flexibility index (Phi) is 3.49. The summed E-state index contributed by atoms with van der Waals surface area (Å²) in [6.45, 7) is 4.25. The average molecular weight is 182 g/mol. The topological polar surface area (TPSA) is 41.9 Å². The molecule has 0 aromatic carbocycles. The van der Waals surface area contributed by atoms with E-state index < -0.39 is 0 Å². The number of likely N-dealkylation sites (tertiary alicyclic amines) is 1. The maximum absolute atomic E-state index is 10.6. The Hall–Kier alpha value is -1.32. The first-order valence-electron chi connectivity index (χ1n) is 4.28. The van der Waals surface area contributed by atoms with Gasteiger partial charge in [0.05, 0.1) is 6.26 Å². The Bertz CT molecular complexity index is 226. The van der Waals surface area contributed by atoms with E-state index in [-0.39, 0.29) is 6.04 Å². The first-order valence-corrected chi connectivity index (χ1v) is 4.28. The van der Waals surface area contributed by atoms with Gasteiger partial charge in [0.15, 0.2) is 0 Å². The fourth-order valence-corrected chi connectivity index (χ4v) is 1.55. The van der Waals surface area contributed by atoms with Crippen molar-refractivity contribution in [3.63, 3.8) is 0 Å². The molecule has 1 atom stereocenters. The molecule has 0 saturated carbocycles. The minimum absolute atomic E-state index is 0.000463. The van der Waals surface area contributed by atoms with E-state index in [0.717, 1.165) is 25.8 Å². The van der Waals surface area contributed by atoms with Crippen LogP contribution in [-0.4, -0.2) is 36.8 Å². The quantitative estimate of drug-likeness (QED) is 0.280. The predicted molar refractivity (Wildman–Crippen MR) is 50.4 cm³/mol. The van der Waals surface area contributed by atoms with Gasteiger partial charge in [0, 0.05) is 13.6 Å². The second-order valence-corrected chi connectivity index (χ2v) is 2.85. The van der Waals surface area contributed by atoms with Crippen LogP contribution in [0, 0.1) is 0 Å². The molecule has 13 heavy (non-hydrogen) atoms. The van der Waals surface area contributed by atoms with Gasteiger partial charge in [0.2, 0.25) is 12.3 Å². The highest BCUT2D eigenvalue weighted by Crippen LogP contribution is 2.17. The number of hydrogen-bond donors (Lipinski definition) is 0. The maximum atomic E-state index is 10.6. The van der Waals surface area contributed by atoms with Crippen LogP contribution in [0.5, 0.6) is 0 Å². The number of amides is 1. The Morgan fingerprint density at radius 1 is 1.77 bits per heavy atom. The molecule has 0 aromatic heterocycles. The van der Waals surface area contributed by atoms with E-state index in [2.05, 4.69) is 11.6 Å². The molecule has 0 spiro atoms. The third-order valence-corrected chi connectivity index (χ3v) is 2.14. The van der Waals surface area contributed by atoms with Gasteiger partial charge in [-0.25, -0.2) is 0 Å². The van der Waals surface area contributed by atoms with Gasteiger partial charge in [-0.05, 0) is 12.8 Å². The highest BCUT2D eigenvalue weighted by molar-refractivity contribution is 5.84. The molecule has 1 fully saturated rings. The molecule has 1 rings (SSSR count). The summed E-state index contributed by atoms with van der Waals surface area (Å²) in [5.41, 5.74) is 0. The SMILES string of the molecule is C=COC(=NC)C1CCCN1C=O. The molecule has 1 heterocycles. The van der Waals surface area contributed by atoms with Gasteiger partial charge in [-0.1, -0.05) is 6.58 Å². The lowest BCUT2D eigenvalue weighted by molar-refractivity contribution is -0.118. The van der Waals surface area contributed by atoms with Gasteiger partial charge >= 0.3 is 0 Å². The zero-order valence-electron chi connectivity index (χ0n) is 7.77. The minimum atomic E-state index is 0.000463. The molecule has 1 aliphatic rings. The van der Waals surface area contributed by atoms with Crippen LogP contribution in [0.15, 0.2) is 17.8 Å². The van der Waals surface area contributed by atoms with Crippen molar-refractivity contribution in [2.45, 2.75) is 18.9 Å². The van der Waals surface area contributed by atoms with Crippen molar-refractivity contribution in [3.8, 4) is 0 Å². The smallest absolute Gasteiger partial charge is 0.211 e. The monoisotopic (exact) mass is 182 g/mol. The Balaban J connectivity index is 2.67. The van der Waals surface area contributed by atoms with Crippen molar-refractivity contribution >= 4 is 12.3 Å². The lowest BCUT2D eigenvalue weighted by Gasteiger charge is -2.19. The van der Waals surface area contributed by atoms with E-state index in [4.69, 9.17) is 4.74 Å². The van der Waals surface area contributed by atoms with Crippen LogP contribution in [-0.2, 0) is 9.53 Å². The largest absolute Gasteiger partial charge is 0.449 e. The Labute approximate surface area is 77.9 Å². The van der Waals surface area contributed by atoms with Crippen LogP contribution in [0.2, 0.25) is 0 Å². The maximum Gasteiger partial charge on any atom is 0.211 e. The van der Waals surface area contributed by atoms with Crippen molar-refractivity contribution in [1.82, 2.24) is 4.90 Å². The predicted octanol–water partition coefficient (Wildman–Crippen LogP) is 0.796. The Morgan fingerprint density at radius 3 is 3.08 bits per heavy atom. The van der Waals surface area contributed by atoms with Crippen molar-refractivity contribution in [1.29, 1.82) is 0 Å². The molecule has 0 aromatic rings. The molecule has 0 radical (unpaired) electrons. The molecule has 1 unspecified atom stereocenters. The molecule has 4 heteroatoms. The van der Waals surface area contributed by atoms with Crippen molar-refractivity contribution in [2.24, 2.45) is 4.99 Å².